The van der Waals surface area contributed by atoms with Crippen LogP contribution in [0, 0.1) is 13.3 Å². The van der Waals surface area contributed by atoms with Crippen LogP contribution in [0.4, 0.5) is 0 Å². The SMILES string of the molecule is CO[Si](CCCN1C=CN(C)[CH-]1)(OC)OC.CO[Si](CCCN1C=CN(C)[CH-]1)(OC)OC.[Cl][Pd][Cl]. The summed E-state index contributed by atoms with van der Waals surface area (Å²) in [7, 11) is 18.8. The first kappa shape index (κ1) is 35.1. The van der Waals surface area contributed by atoms with E-state index < -0.39 is 17.6 Å². The van der Waals surface area contributed by atoms with Crippen molar-refractivity contribution in [3.05, 3.63) is 38.1 Å². The number of nitrogens with zero attached hydrogens (tertiary/aromatic N) is 4. The normalized spacial score (nSPS) is 15.5. The first-order valence-corrected chi connectivity index (χ1v) is 18.7. The van der Waals surface area contributed by atoms with Gasteiger partial charge in [0, 0.05) is 54.7 Å². The van der Waals surface area contributed by atoms with Crippen LogP contribution in [-0.2, 0) is 42.5 Å². The molecule has 0 radical (unpaired) electrons. The van der Waals surface area contributed by atoms with Gasteiger partial charge < -0.3 is 46.2 Å². The van der Waals surface area contributed by atoms with Gasteiger partial charge >= 0.3 is 52.6 Å². The van der Waals surface area contributed by atoms with E-state index in [0.717, 1.165) is 38.0 Å². The Morgan fingerprint density at radius 3 is 1.11 bits per heavy atom. The second kappa shape index (κ2) is 20.1. The van der Waals surface area contributed by atoms with E-state index in [1.807, 2.05) is 36.3 Å². The standard InChI is InChI=1S/2C10H21N2O3Si.2ClH.Pd/c2*1-11-7-8-12(10-11)6-5-9-16(13-2,14-3)15-4;;;/h2*7-8,10H,5-6,9H2,1-4H3;2*1H;/q2*-1;;;+2/p-2. The van der Waals surface area contributed by atoms with Gasteiger partial charge in [-0.1, -0.05) is 0 Å². The molecule has 2 aliphatic rings. The molecule has 0 aliphatic carbocycles. The first-order valence-electron chi connectivity index (χ1n) is 10.9. The van der Waals surface area contributed by atoms with Gasteiger partial charge in [-0.3, -0.25) is 0 Å². The van der Waals surface area contributed by atoms with Crippen molar-refractivity contribution in [2.24, 2.45) is 0 Å². The molecule has 0 aromatic heterocycles. The summed E-state index contributed by atoms with van der Waals surface area (Å²) in [6, 6.07) is 1.66. The topological polar surface area (TPSA) is 68.3 Å². The molecule has 35 heavy (non-hydrogen) atoms. The molecule has 0 unspecified atom stereocenters. The van der Waals surface area contributed by atoms with Crippen LogP contribution in [0.15, 0.2) is 24.8 Å². The number of hydrogen-bond donors (Lipinski definition) is 0. The molecule has 0 saturated heterocycles. The average Bonchev–Trinajstić information content (AvgIpc) is 3.48. The Labute approximate surface area is 230 Å². The van der Waals surface area contributed by atoms with Gasteiger partial charge in [0.2, 0.25) is 0 Å². The van der Waals surface area contributed by atoms with Crippen molar-refractivity contribution < 1.29 is 42.5 Å². The van der Waals surface area contributed by atoms with Crippen molar-refractivity contribution in [2.75, 3.05) is 69.8 Å². The molecule has 15 heteroatoms. The molecule has 2 rings (SSSR count). The molecule has 0 spiro atoms. The van der Waals surface area contributed by atoms with E-state index in [4.69, 9.17) is 45.6 Å². The molecule has 10 nitrogen and oxygen atoms in total. The Morgan fingerprint density at radius 2 is 0.914 bits per heavy atom. The third-order valence-corrected chi connectivity index (χ3v) is 11.0. The molecule has 2 heterocycles. The second-order valence-electron chi connectivity index (χ2n) is 7.48. The minimum atomic E-state index is -2.38. The van der Waals surface area contributed by atoms with Gasteiger partial charge in [0.15, 0.2) is 0 Å². The van der Waals surface area contributed by atoms with E-state index in [0.29, 0.717) is 0 Å². The first-order chi connectivity index (χ1) is 16.7. The summed E-state index contributed by atoms with van der Waals surface area (Å²) in [5, 5.41) is 0. The Balaban J connectivity index is 0.000000594. The fourth-order valence-corrected chi connectivity index (χ4v) is 6.74. The molecule has 0 fully saturated rings. The van der Waals surface area contributed by atoms with Crippen LogP contribution in [0.3, 0.4) is 0 Å². The zero-order chi connectivity index (χ0) is 26.7. The fourth-order valence-electron chi connectivity index (χ4n) is 3.34. The predicted molar refractivity (Wildman–Crippen MR) is 140 cm³/mol. The molecular weight excluding hydrogens is 626 g/mol. The third-order valence-electron chi connectivity index (χ3n) is 5.31. The van der Waals surface area contributed by atoms with Crippen molar-refractivity contribution in [2.45, 2.75) is 24.9 Å². The van der Waals surface area contributed by atoms with Gasteiger partial charge in [-0.15, -0.1) is 0 Å². The molecule has 0 atom stereocenters. The van der Waals surface area contributed by atoms with Gasteiger partial charge in [0.1, 0.15) is 0 Å². The van der Waals surface area contributed by atoms with E-state index >= 15 is 0 Å². The second-order valence-corrected chi connectivity index (χ2v) is 16.0. The van der Waals surface area contributed by atoms with Crippen LogP contribution in [0.2, 0.25) is 12.1 Å². The fraction of sp³-hybridized carbons (Fsp3) is 0.700. The Kier molecular flexibility index (Phi) is 20.2. The Hall–Kier alpha value is 0.116. The van der Waals surface area contributed by atoms with Crippen LogP contribution < -0.4 is 0 Å². The van der Waals surface area contributed by atoms with Crippen molar-refractivity contribution in [3.8, 4) is 0 Å². The van der Waals surface area contributed by atoms with Crippen LogP contribution in [0.25, 0.3) is 0 Å². The number of hydrogen-bond acceptors (Lipinski definition) is 10. The summed E-state index contributed by atoms with van der Waals surface area (Å²) in [5.41, 5.74) is 0. The number of halogens is 2. The van der Waals surface area contributed by atoms with E-state index in [9.17, 15) is 0 Å². The Bertz CT molecular complexity index is 531. The van der Waals surface area contributed by atoms with E-state index in [1.165, 1.54) is 0 Å². The molecule has 0 saturated carbocycles. The minimum absolute atomic E-state index is 0.106. The quantitative estimate of drug-likeness (QED) is 0.203. The molecule has 2 aliphatic heterocycles. The van der Waals surface area contributed by atoms with Gasteiger partial charge in [0.25, 0.3) is 0 Å². The van der Waals surface area contributed by atoms with Gasteiger partial charge in [-0.05, 0) is 64.8 Å². The summed E-state index contributed by atoms with van der Waals surface area (Å²) >= 11 is -0.106. The molecule has 0 N–H and O–H groups in total. The third kappa shape index (κ3) is 14.0. The maximum absolute atomic E-state index is 5.36. The molecule has 0 aromatic carbocycles. The summed E-state index contributed by atoms with van der Waals surface area (Å²) in [6.07, 6.45) is 10.1. The number of rotatable bonds is 14. The summed E-state index contributed by atoms with van der Waals surface area (Å²) in [5.74, 6) is 0. The molecule has 0 bridgehead atoms. The van der Waals surface area contributed by atoms with Crippen molar-refractivity contribution in [1.82, 2.24) is 19.6 Å². The van der Waals surface area contributed by atoms with Gasteiger partial charge in [-0.25, -0.2) is 0 Å². The van der Waals surface area contributed by atoms with Crippen molar-refractivity contribution in [3.63, 3.8) is 0 Å². The molecule has 0 amide bonds. The molecular formula is C20H42Cl2N4O6PdSi2-2. The monoisotopic (exact) mass is 666 g/mol. The van der Waals surface area contributed by atoms with Crippen molar-refractivity contribution in [1.29, 1.82) is 0 Å². The predicted octanol–water partition coefficient (Wildman–Crippen LogP) is 3.56. The maximum atomic E-state index is 5.36. The summed E-state index contributed by atoms with van der Waals surface area (Å²) < 4.78 is 32.2. The van der Waals surface area contributed by atoms with Crippen LogP contribution in [0.1, 0.15) is 12.8 Å². The average molecular weight is 668 g/mol. The van der Waals surface area contributed by atoms with Crippen LogP contribution >= 0.6 is 19.1 Å². The van der Waals surface area contributed by atoms with Gasteiger partial charge in [0.05, 0.1) is 0 Å². The Morgan fingerprint density at radius 1 is 0.629 bits per heavy atom. The van der Waals surface area contributed by atoms with E-state index in [2.05, 4.69) is 35.5 Å². The summed E-state index contributed by atoms with van der Waals surface area (Å²) in [6.45, 7) is 6.00. The summed E-state index contributed by atoms with van der Waals surface area (Å²) in [4.78, 5) is 8.32. The van der Waals surface area contributed by atoms with Crippen LogP contribution in [0.5, 0.6) is 0 Å². The zero-order valence-corrected chi connectivity index (χ0v) is 27.1. The van der Waals surface area contributed by atoms with Gasteiger partial charge in [-0.2, -0.15) is 13.3 Å². The van der Waals surface area contributed by atoms with E-state index in [-0.39, 0.29) is 15.9 Å². The van der Waals surface area contributed by atoms with E-state index in [1.54, 1.807) is 42.7 Å². The van der Waals surface area contributed by atoms with Crippen LogP contribution in [-0.4, -0.2) is 107 Å². The zero-order valence-electron chi connectivity index (χ0n) is 22.0. The molecule has 0 aromatic rings. The molecule has 212 valence electrons. The van der Waals surface area contributed by atoms with Crippen molar-refractivity contribution >= 4 is 36.7 Å².